The van der Waals surface area contributed by atoms with Crippen molar-refractivity contribution in [3.8, 4) is 0 Å². The molecule has 4 heteroatoms. The predicted molar refractivity (Wildman–Crippen MR) is 73.0 cm³/mol. The van der Waals surface area contributed by atoms with Crippen molar-refractivity contribution >= 4 is 17.6 Å². The molecule has 0 heterocycles. The first-order valence-electron chi connectivity index (χ1n) is 6.60. The van der Waals surface area contributed by atoms with Gasteiger partial charge in [-0.3, -0.25) is 9.59 Å². The maximum atomic E-state index is 12.3. The van der Waals surface area contributed by atoms with E-state index in [-0.39, 0.29) is 5.91 Å². The first kappa shape index (κ1) is 13.6. The maximum absolute atomic E-state index is 12.3. The van der Waals surface area contributed by atoms with Crippen molar-refractivity contribution in [3.05, 3.63) is 29.3 Å². The molecule has 2 rings (SSSR count). The zero-order chi connectivity index (χ0) is 14.0. The monoisotopic (exact) mass is 261 g/mol. The summed E-state index contributed by atoms with van der Waals surface area (Å²) in [6.45, 7) is 3.87. The van der Waals surface area contributed by atoms with E-state index in [4.69, 9.17) is 5.11 Å². The lowest BCUT2D eigenvalue weighted by atomic mass is 9.95. The molecule has 1 amide bonds. The number of anilines is 1. The summed E-state index contributed by atoms with van der Waals surface area (Å²) in [5.41, 5.74) is 2.81. The molecule has 0 spiro atoms. The molecule has 1 aliphatic rings. The van der Waals surface area contributed by atoms with Crippen LogP contribution >= 0.6 is 0 Å². The van der Waals surface area contributed by atoms with E-state index >= 15 is 0 Å². The Kier molecular flexibility index (Phi) is 3.88. The van der Waals surface area contributed by atoms with E-state index in [1.807, 2.05) is 32.0 Å². The highest BCUT2D eigenvalue weighted by Gasteiger charge is 2.37. The summed E-state index contributed by atoms with van der Waals surface area (Å²) in [7, 11) is 0. The number of amides is 1. The van der Waals surface area contributed by atoms with Crippen molar-refractivity contribution in [2.75, 3.05) is 5.32 Å². The van der Waals surface area contributed by atoms with Crippen LogP contribution in [0, 0.1) is 25.7 Å². The fraction of sp³-hybridized carbons (Fsp3) is 0.467. The van der Waals surface area contributed by atoms with Gasteiger partial charge in [-0.15, -0.1) is 0 Å². The molecule has 2 N–H and O–H groups in total. The summed E-state index contributed by atoms with van der Waals surface area (Å²) in [5.74, 6) is -1.97. The van der Waals surface area contributed by atoms with Gasteiger partial charge in [-0.2, -0.15) is 0 Å². The molecule has 4 nitrogen and oxygen atoms in total. The number of rotatable bonds is 3. The third-order valence-electron chi connectivity index (χ3n) is 3.90. The van der Waals surface area contributed by atoms with Gasteiger partial charge in [0.25, 0.3) is 0 Å². The number of hydrogen-bond donors (Lipinski definition) is 2. The zero-order valence-corrected chi connectivity index (χ0v) is 11.3. The van der Waals surface area contributed by atoms with Gasteiger partial charge < -0.3 is 10.4 Å². The number of para-hydroxylation sites is 1. The van der Waals surface area contributed by atoms with Gasteiger partial charge in [-0.1, -0.05) is 24.6 Å². The highest BCUT2D eigenvalue weighted by atomic mass is 16.4. The van der Waals surface area contributed by atoms with Crippen LogP contribution in [0.4, 0.5) is 5.69 Å². The summed E-state index contributed by atoms with van der Waals surface area (Å²) in [6, 6.07) is 5.81. The van der Waals surface area contributed by atoms with E-state index < -0.39 is 17.8 Å². The lowest BCUT2D eigenvalue weighted by molar-refractivity contribution is -0.145. The van der Waals surface area contributed by atoms with E-state index in [1.54, 1.807) is 0 Å². The number of hydrogen-bond acceptors (Lipinski definition) is 2. The van der Waals surface area contributed by atoms with Crippen LogP contribution < -0.4 is 5.32 Å². The lowest BCUT2D eigenvalue weighted by Gasteiger charge is -2.17. The van der Waals surface area contributed by atoms with Crippen molar-refractivity contribution in [2.45, 2.75) is 33.1 Å². The van der Waals surface area contributed by atoms with Crippen LogP contribution in [0.5, 0.6) is 0 Å². The largest absolute Gasteiger partial charge is 0.481 e. The highest BCUT2D eigenvalue weighted by Crippen LogP contribution is 2.33. The summed E-state index contributed by atoms with van der Waals surface area (Å²) in [4.78, 5) is 23.4. The Bertz CT molecular complexity index is 490. The zero-order valence-electron chi connectivity index (χ0n) is 11.3. The number of carbonyl (C=O) groups excluding carboxylic acids is 1. The molecule has 0 saturated heterocycles. The summed E-state index contributed by atoms with van der Waals surface area (Å²) in [6.07, 6.45) is 2.07. The van der Waals surface area contributed by atoms with Crippen molar-refractivity contribution in [3.63, 3.8) is 0 Å². The first-order chi connectivity index (χ1) is 9.00. The number of nitrogens with one attached hydrogen (secondary N) is 1. The SMILES string of the molecule is Cc1cccc(C)c1NC(=O)C1CCCC1C(=O)O. The Morgan fingerprint density at radius 1 is 1.16 bits per heavy atom. The summed E-state index contributed by atoms with van der Waals surface area (Å²) in [5, 5.41) is 12.0. The minimum atomic E-state index is -0.862. The smallest absolute Gasteiger partial charge is 0.307 e. The van der Waals surface area contributed by atoms with E-state index in [0.29, 0.717) is 12.8 Å². The van der Waals surface area contributed by atoms with Gasteiger partial charge in [0.1, 0.15) is 0 Å². The Morgan fingerprint density at radius 2 is 1.74 bits per heavy atom. The van der Waals surface area contributed by atoms with Crippen LogP contribution in [0.2, 0.25) is 0 Å². The minimum Gasteiger partial charge on any atom is -0.481 e. The van der Waals surface area contributed by atoms with Gasteiger partial charge >= 0.3 is 5.97 Å². The lowest BCUT2D eigenvalue weighted by Crippen LogP contribution is -2.30. The molecular weight excluding hydrogens is 242 g/mol. The molecule has 0 radical (unpaired) electrons. The second-order valence-corrected chi connectivity index (χ2v) is 5.24. The topological polar surface area (TPSA) is 66.4 Å². The van der Waals surface area contributed by atoms with Gasteiger partial charge in [-0.25, -0.2) is 0 Å². The van der Waals surface area contributed by atoms with Crippen LogP contribution in [0.25, 0.3) is 0 Å². The second kappa shape index (κ2) is 5.43. The maximum Gasteiger partial charge on any atom is 0.307 e. The molecule has 0 bridgehead atoms. The number of aliphatic carboxylic acids is 1. The van der Waals surface area contributed by atoms with Crippen LogP contribution in [-0.2, 0) is 9.59 Å². The fourth-order valence-electron chi connectivity index (χ4n) is 2.80. The second-order valence-electron chi connectivity index (χ2n) is 5.24. The van der Waals surface area contributed by atoms with Gasteiger partial charge in [0.05, 0.1) is 11.8 Å². The van der Waals surface area contributed by atoms with Crippen LogP contribution in [0.15, 0.2) is 18.2 Å². The third-order valence-corrected chi connectivity index (χ3v) is 3.90. The summed E-state index contributed by atoms with van der Waals surface area (Å²) < 4.78 is 0. The third kappa shape index (κ3) is 2.78. The Balaban J connectivity index is 2.15. The number of aryl methyl sites for hydroxylation is 2. The first-order valence-corrected chi connectivity index (χ1v) is 6.60. The van der Waals surface area contributed by atoms with Gasteiger partial charge in [0.2, 0.25) is 5.91 Å². The normalized spacial score (nSPS) is 22.2. The Labute approximate surface area is 112 Å². The average Bonchev–Trinajstić information content (AvgIpc) is 2.83. The van der Waals surface area contributed by atoms with Gasteiger partial charge in [0.15, 0.2) is 0 Å². The molecule has 1 aromatic carbocycles. The van der Waals surface area contributed by atoms with Gasteiger partial charge in [-0.05, 0) is 37.8 Å². The minimum absolute atomic E-state index is 0.165. The number of carboxylic acid groups (broad SMARTS) is 1. The standard InChI is InChI=1S/C15H19NO3/c1-9-5-3-6-10(2)13(9)16-14(17)11-7-4-8-12(11)15(18)19/h3,5-6,11-12H,4,7-8H2,1-2H3,(H,16,17)(H,18,19). The molecule has 1 fully saturated rings. The van der Waals surface area contributed by atoms with E-state index in [9.17, 15) is 9.59 Å². The molecule has 0 aliphatic heterocycles. The van der Waals surface area contributed by atoms with Crippen LogP contribution in [-0.4, -0.2) is 17.0 Å². The average molecular weight is 261 g/mol. The number of carbonyl (C=O) groups is 2. The number of carboxylic acids is 1. The van der Waals surface area contributed by atoms with Crippen molar-refractivity contribution < 1.29 is 14.7 Å². The van der Waals surface area contributed by atoms with E-state index in [2.05, 4.69) is 5.32 Å². The quantitative estimate of drug-likeness (QED) is 0.879. The van der Waals surface area contributed by atoms with Crippen molar-refractivity contribution in [1.82, 2.24) is 0 Å². The molecule has 102 valence electrons. The van der Waals surface area contributed by atoms with Gasteiger partial charge in [0, 0.05) is 5.69 Å². The van der Waals surface area contributed by atoms with E-state index in [0.717, 1.165) is 23.2 Å². The highest BCUT2D eigenvalue weighted by molar-refractivity contribution is 5.96. The number of benzene rings is 1. The molecule has 2 unspecified atom stereocenters. The predicted octanol–water partition coefficient (Wildman–Crippen LogP) is 2.74. The van der Waals surface area contributed by atoms with Crippen LogP contribution in [0.3, 0.4) is 0 Å². The molecule has 1 saturated carbocycles. The molecule has 2 atom stereocenters. The molecule has 19 heavy (non-hydrogen) atoms. The van der Waals surface area contributed by atoms with E-state index in [1.165, 1.54) is 0 Å². The van der Waals surface area contributed by atoms with Crippen LogP contribution in [0.1, 0.15) is 30.4 Å². The molecule has 0 aromatic heterocycles. The fourth-order valence-corrected chi connectivity index (χ4v) is 2.80. The Morgan fingerprint density at radius 3 is 2.32 bits per heavy atom. The van der Waals surface area contributed by atoms with Crippen molar-refractivity contribution in [2.24, 2.45) is 11.8 Å². The van der Waals surface area contributed by atoms with Crippen molar-refractivity contribution in [1.29, 1.82) is 0 Å². The summed E-state index contributed by atoms with van der Waals surface area (Å²) >= 11 is 0. The Hall–Kier alpha value is -1.84. The molecular formula is C15H19NO3. The molecule has 1 aromatic rings. The molecule has 1 aliphatic carbocycles.